The van der Waals surface area contributed by atoms with Gasteiger partial charge in [-0.1, -0.05) is 26.0 Å². The molecule has 0 aliphatic carbocycles. The Hall–Kier alpha value is -1.64. The molecule has 158 valence electrons. The average molecular weight is 412 g/mol. The first kappa shape index (κ1) is 22.6. The third-order valence-corrected chi connectivity index (χ3v) is 7.40. The molecule has 1 fully saturated rings. The fraction of sp³-hybridized carbons (Fsp3) is 0.650. The summed E-state index contributed by atoms with van der Waals surface area (Å²) >= 11 is 0. The predicted octanol–water partition coefficient (Wildman–Crippen LogP) is 2.34. The average Bonchev–Trinajstić information content (AvgIpc) is 3.12. The number of carbonyl (C=O) groups is 1. The van der Waals surface area contributed by atoms with Crippen LogP contribution in [0.2, 0.25) is 0 Å². The van der Waals surface area contributed by atoms with Gasteiger partial charge in [0, 0.05) is 6.04 Å². The zero-order valence-corrected chi connectivity index (χ0v) is 18.1. The van der Waals surface area contributed by atoms with Crippen molar-refractivity contribution in [3.8, 4) is 5.75 Å². The monoisotopic (exact) mass is 411 g/mol. The minimum atomic E-state index is -3.98. The van der Waals surface area contributed by atoms with E-state index in [1.165, 1.54) is 7.11 Å². The van der Waals surface area contributed by atoms with E-state index in [2.05, 4.69) is 21.9 Å². The predicted molar refractivity (Wildman–Crippen MR) is 111 cm³/mol. The standard InChI is InChI=1S/C20H33N3O4S/c1-5-13-21-20(3,15-16-10-9-14-23(16)6-2)28(25,26)22-19(24)17-11-7-8-12-18(17)27-4/h7-8,11-12,16,21H,5-6,9-10,13-15H2,1-4H3,(H,22,24). The van der Waals surface area contributed by atoms with Crippen LogP contribution in [-0.2, 0) is 10.0 Å². The first-order valence-electron chi connectivity index (χ1n) is 9.96. The number of para-hydroxylation sites is 1. The fourth-order valence-electron chi connectivity index (χ4n) is 3.78. The van der Waals surface area contributed by atoms with Gasteiger partial charge >= 0.3 is 0 Å². The number of nitrogens with zero attached hydrogens (tertiary/aromatic N) is 1. The van der Waals surface area contributed by atoms with E-state index in [-0.39, 0.29) is 11.6 Å². The summed E-state index contributed by atoms with van der Waals surface area (Å²) in [6.45, 7) is 8.18. The number of hydrogen-bond acceptors (Lipinski definition) is 6. The summed E-state index contributed by atoms with van der Waals surface area (Å²) in [4.78, 5) is 13.8. The van der Waals surface area contributed by atoms with E-state index in [9.17, 15) is 13.2 Å². The van der Waals surface area contributed by atoms with Crippen molar-refractivity contribution in [3.05, 3.63) is 29.8 Å². The van der Waals surface area contributed by atoms with E-state index >= 15 is 0 Å². The number of rotatable bonds is 10. The maximum atomic E-state index is 13.3. The summed E-state index contributed by atoms with van der Waals surface area (Å²) in [5.74, 6) is -0.341. The molecule has 1 aromatic rings. The minimum absolute atomic E-state index is 0.178. The number of benzene rings is 1. The highest BCUT2D eigenvalue weighted by Gasteiger charge is 2.43. The largest absolute Gasteiger partial charge is 0.496 e. The molecule has 0 spiro atoms. The number of carbonyl (C=O) groups excluding carboxylic acids is 1. The first-order valence-corrected chi connectivity index (χ1v) is 11.4. The molecule has 0 aromatic heterocycles. The van der Waals surface area contributed by atoms with Gasteiger partial charge in [0.25, 0.3) is 15.9 Å². The summed E-state index contributed by atoms with van der Waals surface area (Å²) in [7, 11) is -2.53. The first-order chi connectivity index (χ1) is 13.3. The van der Waals surface area contributed by atoms with Crippen LogP contribution >= 0.6 is 0 Å². The molecule has 7 nitrogen and oxygen atoms in total. The maximum Gasteiger partial charge on any atom is 0.268 e. The van der Waals surface area contributed by atoms with Crippen molar-refractivity contribution in [1.82, 2.24) is 14.9 Å². The van der Waals surface area contributed by atoms with Crippen LogP contribution in [0.1, 0.15) is 56.8 Å². The van der Waals surface area contributed by atoms with Crippen LogP contribution in [0.15, 0.2) is 24.3 Å². The molecular weight excluding hydrogens is 378 g/mol. The molecule has 2 rings (SSSR count). The van der Waals surface area contributed by atoms with Crippen LogP contribution in [0.25, 0.3) is 0 Å². The Morgan fingerprint density at radius 1 is 1.32 bits per heavy atom. The molecule has 0 bridgehead atoms. The van der Waals surface area contributed by atoms with Gasteiger partial charge in [-0.15, -0.1) is 0 Å². The second kappa shape index (κ2) is 9.71. The summed E-state index contributed by atoms with van der Waals surface area (Å²) in [5, 5.41) is 3.18. The lowest BCUT2D eigenvalue weighted by Gasteiger charge is -2.35. The normalized spacial score (nSPS) is 19.9. The van der Waals surface area contributed by atoms with Crippen molar-refractivity contribution in [3.63, 3.8) is 0 Å². The van der Waals surface area contributed by atoms with E-state index in [0.29, 0.717) is 18.7 Å². The Morgan fingerprint density at radius 2 is 2.04 bits per heavy atom. The molecular formula is C20H33N3O4S. The number of hydrogen-bond donors (Lipinski definition) is 2. The van der Waals surface area contributed by atoms with Crippen molar-refractivity contribution in [2.45, 2.75) is 57.4 Å². The second-order valence-corrected chi connectivity index (χ2v) is 9.53. The molecule has 28 heavy (non-hydrogen) atoms. The fourth-order valence-corrected chi connectivity index (χ4v) is 5.06. The molecule has 8 heteroatoms. The van der Waals surface area contributed by atoms with Crippen LogP contribution in [0.5, 0.6) is 5.75 Å². The molecule has 2 unspecified atom stereocenters. The Bertz CT molecular complexity index is 768. The Balaban J connectivity index is 2.26. The number of nitrogens with one attached hydrogen (secondary N) is 2. The van der Waals surface area contributed by atoms with Gasteiger partial charge in [-0.05, 0) is 64.4 Å². The van der Waals surface area contributed by atoms with Crippen molar-refractivity contribution in [2.24, 2.45) is 0 Å². The number of amides is 1. The number of methoxy groups -OCH3 is 1. The Morgan fingerprint density at radius 3 is 2.68 bits per heavy atom. The number of sulfonamides is 1. The molecule has 2 atom stereocenters. The van der Waals surface area contributed by atoms with Gasteiger partial charge in [0.2, 0.25) is 0 Å². The third kappa shape index (κ3) is 5.04. The van der Waals surface area contributed by atoms with Crippen molar-refractivity contribution >= 4 is 15.9 Å². The second-order valence-electron chi connectivity index (χ2n) is 7.42. The highest BCUT2D eigenvalue weighted by Crippen LogP contribution is 2.29. The van der Waals surface area contributed by atoms with Gasteiger partial charge in [-0.3, -0.25) is 10.1 Å². The van der Waals surface area contributed by atoms with E-state index in [1.54, 1.807) is 31.2 Å². The zero-order valence-electron chi connectivity index (χ0n) is 17.3. The van der Waals surface area contributed by atoms with E-state index in [4.69, 9.17) is 4.74 Å². The van der Waals surface area contributed by atoms with Crippen LogP contribution in [0.4, 0.5) is 0 Å². The minimum Gasteiger partial charge on any atom is -0.496 e. The topological polar surface area (TPSA) is 87.7 Å². The van der Waals surface area contributed by atoms with Gasteiger partial charge in [0.15, 0.2) is 0 Å². The summed E-state index contributed by atoms with van der Waals surface area (Å²) < 4.78 is 34.0. The summed E-state index contributed by atoms with van der Waals surface area (Å²) in [5.41, 5.74) is 0.197. The molecule has 0 saturated carbocycles. The molecule has 1 saturated heterocycles. The van der Waals surface area contributed by atoms with Crippen molar-refractivity contribution in [1.29, 1.82) is 0 Å². The molecule has 1 aliphatic rings. The van der Waals surface area contributed by atoms with Gasteiger partial charge < -0.3 is 9.64 Å². The van der Waals surface area contributed by atoms with Crippen LogP contribution in [0.3, 0.4) is 0 Å². The molecule has 1 aliphatic heterocycles. The SMILES string of the molecule is CCCNC(C)(CC1CCCN1CC)S(=O)(=O)NC(=O)c1ccccc1OC. The Kier molecular flexibility index (Phi) is 7.86. The van der Waals surface area contributed by atoms with Gasteiger partial charge in [-0.2, -0.15) is 0 Å². The van der Waals surface area contributed by atoms with Gasteiger partial charge in [0.05, 0.1) is 12.7 Å². The lowest BCUT2D eigenvalue weighted by Crippen LogP contribution is -2.58. The van der Waals surface area contributed by atoms with Crippen LogP contribution in [-0.4, -0.2) is 56.9 Å². The quantitative estimate of drug-likeness (QED) is 0.614. The molecule has 1 aromatic carbocycles. The molecule has 2 N–H and O–H groups in total. The third-order valence-electron chi connectivity index (χ3n) is 5.45. The van der Waals surface area contributed by atoms with Gasteiger partial charge in [0.1, 0.15) is 10.6 Å². The number of ether oxygens (including phenoxy) is 1. The molecule has 1 amide bonds. The maximum absolute atomic E-state index is 13.3. The van der Waals surface area contributed by atoms with E-state index < -0.39 is 20.8 Å². The number of likely N-dealkylation sites (tertiary alicyclic amines) is 1. The van der Waals surface area contributed by atoms with Crippen molar-refractivity contribution in [2.75, 3.05) is 26.7 Å². The zero-order chi connectivity index (χ0) is 20.8. The lowest BCUT2D eigenvalue weighted by atomic mass is 10.1. The summed E-state index contributed by atoms with van der Waals surface area (Å²) in [6.07, 6.45) is 3.26. The lowest BCUT2D eigenvalue weighted by molar-refractivity contribution is 0.0976. The van der Waals surface area contributed by atoms with Gasteiger partial charge in [-0.25, -0.2) is 13.1 Å². The van der Waals surface area contributed by atoms with Crippen molar-refractivity contribution < 1.29 is 17.9 Å². The molecule has 1 heterocycles. The Labute approximate surface area is 168 Å². The summed E-state index contributed by atoms with van der Waals surface area (Å²) in [6, 6.07) is 6.77. The molecule has 0 radical (unpaired) electrons. The van der Waals surface area contributed by atoms with Crippen LogP contribution < -0.4 is 14.8 Å². The highest BCUT2D eigenvalue weighted by molar-refractivity contribution is 7.91. The van der Waals surface area contributed by atoms with E-state index in [1.807, 2.05) is 6.92 Å². The smallest absolute Gasteiger partial charge is 0.268 e. The van der Waals surface area contributed by atoms with E-state index in [0.717, 1.165) is 32.4 Å². The highest BCUT2D eigenvalue weighted by atomic mass is 32.2. The van der Waals surface area contributed by atoms with Crippen LogP contribution in [0, 0.1) is 0 Å².